The summed E-state index contributed by atoms with van der Waals surface area (Å²) in [5.74, 6) is 0.983. The average Bonchev–Trinajstić information content (AvgIpc) is 2.78. The summed E-state index contributed by atoms with van der Waals surface area (Å²) in [5.41, 5.74) is 0. The summed E-state index contributed by atoms with van der Waals surface area (Å²) in [6.07, 6.45) is 15.0. The molecule has 0 aromatic rings. The lowest BCUT2D eigenvalue weighted by Gasteiger charge is -2.29. The fraction of sp³-hybridized carbons (Fsp3) is 0.933. The lowest BCUT2D eigenvalue weighted by atomic mass is 9.97. The zero-order valence-corrected chi connectivity index (χ0v) is 12.2. The third kappa shape index (κ3) is 4.17. The van der Waals surface area contributed by atoms with Crippen LogP contribution >= 0.6 is 11.8 Å². The Morgan fingerprint density at radius 2 is 1.39 bits per heavy atom. The molecule has 1 atom stereocenters. The number of nitrogens with one attached hydrogen (secondary N) is 1. The van der Waals surface area contributed by atoms with Crippen molar-refractivity contribution in [3.63, 3.8) is 0 Å². The molecule has 3 heteroatoms. The summed E-state index contributed by atoms with van der Waals surface area (Å²) in [4.78, 5) is 0.236. The van der Waals surface area contributed by atoms with Gasteiger partial charge >= 0.3 is 0 Å². The van der Waals surface area contributed by atoms with E-state index in [0.717, 1.165) is 5.75 Å². The van der Waals surface area contributed by atoms with Gasteiger partial charge in [0, 0.05) is 5.75 Å². The second-order valence-electron chi connectivity index (χ2n) is 5.81. The van der Waals surface area contributed by atoms with Crippen LogP contribution < -0.4 is 5.32 Å². The van der Waals surface area contributed by atoms with Crippen LogP contribution in [0.4, 0.5) is 0 Å². The summed E-state index contributed by atoms with van der Waals surface area (Å²) in [7, 11) is 0. The van der Waals surface area contributed by atoms with Crippen LogP contribution in [0.3, 0.4) is 0 Å². The molecule has 2 aliphatic rings. The molecule has 1 spiro atoms. The Balaban J connectivity index is 1.87. The van der Waals surface area contributed by atoms with E-state index in [1.165, 1.54) is 70.6 Å². The maximum atomic E-state index is 9.06. The van der Waals surface area contributed by atoms with Crippen LogP contribution in [0.15, 0.2) is 0 Å². The van der Waals surface area contributed by atoms with E-state index in [1.807, 2.05) is 11.8 Å². The van der Waals surface area contributed by atoms with Crippen molar-refractivity contribution in [3.8, 4) is 6.07 Å². The van der Waals surface area contributed by atoms with Gasteiger partial charge in [0.1, 0.15) is 6.04 Å². The van der Waals surface area contributed by atoms with Crippen LogP contribution in [0.25, 0.3) is 0 Å². The lowest BCUT2D eigenvalue weighted by molar-refractivity contribution is 0.376. The Kier molecular flexibility index (Phi) is 5.85. The molecule has 0 aromatic heterocycles. The molecule has 1 N–H and O–H groups in total. The number of hydrogen-bond acceptors (Lipinski definition) is 3. The highest BCUT2D eigenvalue weighted by Crippen LogP contribution is 2.39. The van der Waals surface area contributed by atoms with Gasteiger partial charge in [0.05, 0.1) is 10.9 Å². The summed E-state index contributed by atoms with van der Waals surface area (Å²) < 4.78 is 0. The first-order chi connectivity index (χ1) is 8.85. The second kappa shape index (κ2) is 7.40. The van der Waals surface area contributed by atoms with Crippen LogP contribution in [0.1, 0.15) is 70.6 Å². The van der Waals surface area contributed by atoms with Crippen molar-refractivity contribution in [1.82, 2.24) is 5.32 Å². The molecule has 2 fully saturated rings. The molecule has 2 nitrogen and oxygen atoms in total. The molecular weight excluding hydrogens is 240 g/mol. The van der Waals surface area contributed by atoms with Gasteiger partial charge in [0.2, 0.25) is 0 Å². The average molecular weight is 266 g/mol. The van der Waals surface area contributed by atoms with Gasteiger partial charge in [-0.1, -0.05) is 57.8 Å². The van der Waals surface area contributed by atoms with E-state index in [-0.39, 0.29) is 10.9 Å². The van der Waals surface area contributed by atoms with Gasteiger partial charge in [-0.3, -0.25) is 5.32 Å². The van der Waals surface area contributed by atoms with Crippen molar-refractivity contribution in [2.45, 2.75) is 81.5 Å². The Morgan fingerprint density at radius 3 is 1.83 bits per heavy atom. The Bertz CT molecular complexity index is 273. The minimum atomic E-state index is 0.0860. The van der Waals surface area contributed by atoms with Gasteiger partial charge in [0.15, 0.2) is 0 Å². The largest absolute Gasteiger partial charge is 0.287 e. The molecule has 1 heterocycles. The molecule has 1 aliphatic carbocycles. The molecule has 1 saturated carbocycles. The number of hydrogen-bond donors (Lipinski definition) is 1. The first kappa shape index (κ1) is 14.2. The van der Waals surface area contributed by atoms with Crippen LogP contribution in [-0.2, 0) is 0 Å². The van der Waals surface area contributed by atoms with Gasteiger partial charge in [-0.25, -0.2) is 0 Å². The molecule has 102 valence electrons. The fourth-order valence-corrected chi connectivity index (χ4v) is 4.63. The Labute approximate surface area is 116 Å². The molecule has 0 bridgehead atoms. The summed E-state index contributed by atoms with van der Waals surface area (Å²) >= 11 is 2.02. The number of thioether (sulfide) groups is 1. The first-order valence-corrected chi connectivity index (χ1v) is 8.64. The Morgan fingerprint density at radius 1 is 0.889 bits per heavy atom. The topological polar surface area (TPSA) is 35.8 Å². The monoisotopic (exact) mass is 266 g/mol. The summed E-state index contributed by atoms with van der Waals surface area (Å²) in [6.45, 7) is 0. The van der Waals surface area contributed by atoms with Crippen molar-refractivity contribution in [3.05, 3.63) is 0 Å². The highest BCUT2D eigenvalue weighted by Gasteiger charge is 2.38. The van der Waals surface area contributed by atoms with E-state index in [9.17, 15) is 0 Å². The first-order valence-electron chi connectivity index (χ1n) is 7.66. The van der Waals surface area contributed by atoms with Crippen LogP contribution in [0.5, 0.6) is 0 Å². The highest BCUT2D eigenvalue weighted by atomic mass is 32.2. The quantitative estimate of drug-likeness (QED) is 0.713. The number of nitrogens with zero attached hydrogens (tertiary/aromatic N) is 1. The van der Waals surface area contributed by atoms with Crippen molar-refractivity contribution >= 4 is 11.8 Å². The predicted molar refractivity (Wildman–Crippen MR) is 78.5 cm³/mol. The maximum absolute atomic E-state index is 9.06. The molecule has 18 heavy (non-hydrogen) atoms. The number of nitriles is 1. The molecule has 1 saturated heterocycles. The summed E-state index contributed by atoms with van der Waals surface area (Å²) in [5, 5.41) is 12.7. The van der Waals surface area contributed by atoms with E-state index >= 15 is 0 Å². The van der Waals surface area contributed by atoms with Crippen LogP contribution in [0.2, 0.25) is 0 Å². The Hall–Kier alpha value is -0.200. The zero-order valence-electron chi connectivity index (χ0n) is 11.4. The fourth-order valence-electron chi connectivity index (χ4n) is 3.19. The lowest BCUT2D eigenvalue weighted by Crippen LogP contribution is -2.41. The molecule has 2 rings (SSSR count). The van der Waals surface area contributed by atoms with Crippen molar-refractivity contribution in [1.29, 1.82) is 5.26 Å². The SMILES string of the molecule is N#CC1CSC2(CCCCCCCCCCC2)N1. The molecule has 0 amide bonds. The third-order valence-corrected chi connectivity index (χ3v) is 5.86. The molecule has 0 radical (unpaired) electrons. The molecule has 1 aliphatic heterocycles. The van der Waals surface area contributed by atoms with E-state index in [4.69, 9.17) is 5.26 Å². The van der Waals surface area contributed by atoms with Crippen molar-refractivity contribution < 1.29 is 0 Å². The van der Waals surface area contributed by atoms with Crippen molar-refractivity contribution in [2.75, 3.05) is 5.75 Å². The molecule has 1 unspecified atom stereocenters. The van der Waals surface area contributed by atoms with E-state index < -0.39 is 0 Å². The van der Waals surface area contributed by atoms with Crippen molar-refractivity contribution in [2.24, 2.45) is 0 Å². The molecular formula is C15H26N2S. The van der Waals surface area contributed by atoms with Crippen LogP contribution in [0, 0.1) is 11.3 Å². The minimum absolute atomic E-state index is 0.0860. The smallest absolute Gasteiger partial charge is 0.106 e. The van der Waals surface area contributed by atoms with Crippen LogP contribution in [-0.4, -0.2) is 16.7 Å². The van der Waals surface area contributed by atoms with E-state index in [1.54, 1.807) is 0 Å². The standard InChI is InChI=1S/C15H26N2S/c16-12-14-13-18-15(17-14)10-8-6-4-2-1-3-5-7-9-11-15/h14,17H,1-11,13H2. The highest BCUT2D eigenvalue weighted by molar-refractivity contribution is 8.00. The van der Waals surface area contributed by atoms with E-state index in [2.05, 4.69) is 11.4 Å². The second-order valence-corrected chi connectivity index (χ2v) is 7.22. The van der Waals surface area contributed by atoms with Gasteiger partial charge in [-0.05, 0) is 12.8 Å². The normalized spacial score (nSPS) is 30.3. The van der Waals surface area contributed by atoms with E-state index in [0.29, 0.717) is 0 Å². The number of rotatable bonds is 0. The molecule has 0 aromatic carbocycles. The van der Waals surface area contributed by atoms with Gasteiger partial charge in [-0.15, -0.1) is 11.8 Å². The zero-order chi connectivity index (χ0) is 12.7. The van der Waals surface area contributed by atoms with Gasteiger partial charge < -0.3 is 0 Å². The van der Waals surface area contributed by atoms with Gasteiger partial charge in [0.25, 0.3) is 0 Å². The van der Waals surface area contributed by atoms with Gasteiger partial charge in [-0.2, -0.15) is 5.26 Å². The maximum Gasteiger partial charge on any atom is 0.106 e. The minimum Gasteiger partial charge on any atom is -0.287 e. The predicted octanol–water partition coefficient (Wildman–Crippen LogP) is 4.22. The summed E-state index contributed by atoms with van der Waals surface area (Å²) in [6, 6.07) is 2.48. The third-order valence-electron chi connectivity index (χ3n) is 4.28.